The van der Waals surface area contributed by atoms with Gasteiger partial charge in [0, 0.05) is 0 Å². The molecule has 1 aliphatic rings. The predicted octanol–water partition coefficient (Wildman–Crippen LogP) is 1.11. The second-order valence-corrected chi connectivity index (χ2v) is 5.69. The van der Waals surface area contributed by atoms with Crippen LogP contribution in [0, 0.1) is 0 Å². The third kappa shape index (κ3) is 2.29. The summed E-state index contributed by atoms with van der Waals surface area (Å²) in [4.78, 5) is 12.0. The quantitative estimate of drug-likeness (QED) is 0.868. The van der Waals surface area contributed by atoms with E-state index in [1.807, 2.05) is 0 Å². The molecule has 1 fully saturated rings. The van der Waals surface area contributed by atoms with Gasteiger partial charge in [0.2, 0.25) is 17.7 Å². The first-order chi connectivity index (χ1) is 10.7. The molecule has 0 saturated carbocycles. The highest BCUT2D eigenvalue weighted by atomic mass is 19.2. The van der Waals surface area contributed by atoms with Gasteiger partial charge in [-0.3, -0.25) is 4.57 Å². The molecule has 4 atom stereocenters. The number of alkyl halides is 2. The van der Waals surface area contributed by atoms with E-state index in [9.17, 15) is 13.9 Å². The fraction of sp³-hybridized carbons (Fsp3) is 0.615. The lowest BCUT2D eigenvalue weighted by molar-refractivity contribution is -0.164. The number of aromatic nitrogens is 4. The van der Waals surface area contributed by atoms with Crippen molar-refractivity contribution >= 4 is 17.1 Å². The number of imidazole rings is 1. The maximum absolute atomic E-state index is 14.1. The number of fused-ring (bicyclic) bond motifs is 1. The Bertz CT molecular complexity index is 749. The minimum Gasteiger partial charge on any atom is -0.476 e. The summed E-state index contributed by atoms with van der Waals surface area (Å²) in [5.41, 5.74) is 3.91. The summed E-state index contributed by atoms with van der Waals surface area (Å²) in [5.74, 6) is -2.60. The molecule has 23 heavy (non-hydrogen) atoms. The monoisotopic (exact) mass is 329 g/mol. The van der Waals surface area contributed by atoms with Crippen molar-refractivity contribution in [2.24, 2.45) is 0 Å². The smallest absolute Gasteiger partial charge is 0.247 e. The third-order valence-electron chi connectivity index (χ3n) is 3.75. The number of ether oxygens (including phenoxy) is 2. The standard InChI is InChI=1S/C13H17F2N5O3/c1-4-22-8-6-7(18-11(16)19-8)20(5-17-6)10-12(2,21)9(14)13(3,15)23-10/h5,9-10,21H,4H2,1-3H3,(H2,16,18,19)/t9-,10+,12+,13+/m0/s1. The average Bonchev–Trinajstić information content (AvgIpc) is 2.93. The van der Waals surface area contributed by atoms with Crippen molar-refractivity contribution in [1.82, 2.24) is 19.5 Å². The Morgan fingerprint density at radius 3 is 2.74 bits per heavy atom. The van der Waals surface area contributed by atoms with Gasteiger partial charge in [0.25, 0.3) is 0 Å². The maximum atomic E-state index is 14.1. The van der Waals surface area contributed by atoms with Crippen LogP contribution < -0.4 is 10.5 Å². The number of hydrogen-bond donors (Lipinski definition) is 2. The van der Waals surface area contributed by atoms with E-state index in [1.54, 1.807) is 6.92 Å². The molecule has 0 aromatic carbocycles. The zero-order valence-corrected chi connectivity index (χ0v) is 12.8. The molecule has 0 aliphatic carbocycles. The van der Waals surface area contributed by atoms with E-state index < -0.39 is 23.9 Å². The van der Waals surface area contributed by atoms with Gasteiger partial charge in [-0.15, -0.1) is 0 Å². The molecule has 3 rings (SSSR count). The van der Waals surface area contributed by atoms with Gasteiger partial charge in [0.1, 0.15) is 5.60 Å². The minimum absolute atomic E-state index is 0.0971. The number of anilines is 1. The molecule has 0 radical (unpaired) electrons. The fourth-order valence-electron chi connectivity index (χ4n) is 2.70. The Balaban J connectivity index is 2.15. The summed E-state index contributed by atoms with van der Waals surface area (Å²) in [6.45, 7) is 4.15. The van der Waals surface area contributed by atoms with E-state index in [0.717, 1.165) is 13.8 Å². The zero-order chi connectivity index (χ0) is 17.0. The van der Waals surface area contributed by atoms with E-state index in [4.69, 9.17) is 15.2 Å². The van der Waals surface area contributed by atoms with Gasteiger partial charge >= 0.3 is 0 Å². The van der Waals surface area contributed by atoms with Crippen LogP contribution in [0.5, 0.6) is 5.88 Å². The first-order valence-electron chi connectivity index (χ1n) is 7.04. The van der Waals surface area contributed by atoms with E-state index in [0.29, 0.717) is 6.61 Å². The van der Waals surface area contributed by atoms with Gasteiger partial charge in [-0.1, -0.05) is 0 Å². The van der Waals surface area contributed by atoms with Crippen molar-refractivity contribution in [2.45, 2.75) is 44.6 Å². The summed E-state index contributed by atoms with van der Waals surface area (Å²) in [6.07, 6.45) is -2.38. The summed E-state index contributed by atoms with van der Waals surface area (Å²) in [7, 11) is 0. The van der Waals surface area contributed by atoms with Gasteiger partial charge in [-0.2, -0.15) is 9.97 Å². The molecule has 8 nitrogen and oxygen atoms in total. The normalized spacial score (nSPS) is 34.2. The van der Waals surface area contributed by atoms with Crippen LogP contribution in [0.3, 0.4) is 0 Å². The van der Waals surface area contributed by atoms with Crippen LogP contribution in [-0.2, 0) is 4.74 Å². The molecule has 1 aliphatic heterocycles. The van der Waals surface area contributed by atoms with E-state index in [-0.39, 0.29) is 23.0 Å². The van der Waals surface area contributed by atoms with Crippen molar-refractivity contribution in [3.8, 4) is 5.88 Å². The number of rotatable bonds is 3. The van der Waals surface area contributed by atoms with Gasteiger partial charge < -0.3 is 20.3 Å². The molecule has 0 bridgehead atoms. The van der Waals surface area contributed by atoms with E-state index in [1.165, 1.54) is 10.9 Å². The highest BCUT2D eigenvalue weighted by Gasteiger charge is 2.62. The third-order valence-corrected chi connectivity index (χ3v) is 3.75. The molecular weight excluding hydrogens is 312 g/mol. The lowest BCUT2D eigenvalue weighted by atomic mass is 9.97. The largest absolute Gasteiger partial charge is 0.476 e. The van der Waals surface area contributed by atoms with Crippen molar-refractivity contribution < 1.29 is 23.4 Å². The molecule has 3 heterocycles. The molecule has 0 amide bonds. The molecule has 10 heteroatoms. The summed E-state index contributed by atoms with van der Waals surface area (Å²) >= 11 is 0. The second-order valence-electron chi connectivity index (χ2n) is 5.69. The number of aliphatic hydroxyl groups is 1. The number of hydrogen-bond acceptors (Lipinski definition) is 7. The maximum Gasteiger partial charge on any atom is 0.247 e. The molecule has 1 saturated heterocycles. The lowest BCUT2D eigenvalue weighted by Crippen LogP contribution is -2.43. The Morgan fingerprint density at radius 1 is 1.48 bits per heavy atom. The Morgan fingerprint density at radius 2 is 2.17 bits per heavy atom. The van der Waals surface area contributed by atoms with Gasteiger partial charge in [-0.25, -0.2) is 13.8 Å². The highest BCUT2D eigenvalue weighted by molar-refractivity contribution is 5.77. The fourth-order valence-corrected chi connectivity index (χ4v) is 2.70. The van der Waals surface area contributed by atoms with Gasteiger partial charge in [0.15, 0.2) is 23.6 Å². The molecule has 126 valence electrons. The molecule has 2 aromatic rings. The first kappa shape index (κ1) is 15.8. The molecular formula is C13H17F2N5O3. The molecule has 0 spiro atoms. The van der Waals surface area contributed by atoms with Crippen molar-refractivity contribution in [3.05, 3.63) is 6.33 Å². The van der Waals surface area contributed by atoms with E-state index >= 15 is 0 Å². The average molecular weight is 329 g/mol. The Kier molecular flexibility index (Phi) is 3.41. The summed E-state index contributed by atoms with van der Waals surface area (Å²) in [5, 5.41) is 10.3. The Labute approximate surface area is 130 Å². The van der Waals surface area contributed by atoms with Crippen molar-refractivity contribution in [3.63, 3.8) is 0 Å². The lowest BCUT2D eigenvalue weighted by Gasteiger charge is -2.25. The molecule has 2 aromatic heterocycles. The van der Waals surface area contributed by atoms with Crippen molar-refractivity contribution in [1.29, 1.82) is 0 Å². The zero-order valence-electron chi connectivity index (χ0n) is 12.8. The van der Waals surface area contributed by atoms with Crippen LogP contribution in [-0.4, -0.2) is 48.9 Å². The van der Waals surface area contributed by atoms with Crippen molar-refractivity contribution in [2.75, 3.05) is 12.3 Å². The number of nitrogens with two attached hydrogens (primary N) is 1. The second kappa shape index (κ2) is 4.96. The SMILES string of the molecule is CCOc1nc(N)nc2c1ncn2[C@@H]1O[C@@](C)(F)[C@@H](F)[C@@]1(C)O. The van der Waals surface area contributed by atoms with Crippen LogP contribution in [0.2, 0.25) is 0 Å². The van der Waals surface area contributed by atoms with E-state index in [2.05, 4.69) is 15.0 Å². The highest BCUT2D eigenvalue weighted by Crippen LogP contribution is 2.47. The van der Waals surface area contributed by atoms with Crippen LogP contribution >= 0.6 is 0 Å². The summed E-state index contributed by atoms with van der Waals surface area (Å²) < 4.78 is 39.9. The number of nitrogens with zero attached hydrogens (tertiary/aromatic N) is 4. The van der Waals surface area contributed by atoms with Crippen LogP contribution in [0.15, 0.2) is 6.33 Å². The summed E-state index contributed by atoms with van der Waals surface area (Å²) in [6, 6.07) is 0. The van der Waals surface area contributed by atoms with Crippen LogP contribution in [0.25, 0.3) is 11.2 Å². The topological polar surface area (TPSA) is 108 Å². The van der Waals surface area contributed by atoms with Gasteiger partial charge in [0.05, 0.1) is 12.9 Å². The number of nitrogen functional groups attached to an aromatic ring is 1. The van der Waals surface area contributed by atoms with Crippen LogP contribution in [0.1, 0.15) is 27.0 Å². The van der Waals surface area contributed by atoms with Crippen LogP contribution in [0.4, 0.5) is 14.7 Å². The minimum atomic E-state index is -2.65. The molecule has 3 N–H and O–H groups in total. The Hall–Kier alpha value is -2.07. The first-order valence-corrected chi connectivity index (χ1v) is 7.04. The van der Waals surface area contributed by atoms with Gasteiger partial charge in [-0.05, 0) is 20.8 Å². The number of halogens is 2. The predicted molar refractivity (Wildman–Crippen MR) is 76.1 cm³/mol. The molecule has 0 unspecified atom stereocenters.